The van der Waals surface area contributed by atoms with E-state index < -0.39 is 6.04 Å². The maximum Gasteiger partial charge on any atom is 0.261 e. The maximum absolute atomic E-state index is 12.8. The summed E-state index contributed by atoms with van der Waals surface area (Å²) in [6.07, 6.45) is 0.459. The molecule has 150 valence electrons. The van der Waals surface area contributed by atoms with Gasteiger partial charge in [0.25, 0.3) is 5.91 Å². The first-order chi connectivity index (χ1) is 13.5. The molecule has 7 heteroatoms. The van der Waals surface area contributed by atoms with E-state index in [1.165, 1.54) is 4.90 Å². The Morgan fingerprint density at radius 1 is 1.14 bits per heavy atom. The maximum atomic E-state index is 12.8. The first-order valence-electron chi connectivity index (χ1n) is 9.11. The predicted octanol–water partition coefficient (Wildman–Crippen LogP) is 2.63. The Morgan fingerprint density at radius 2 is 1.82 bits per heavy atom. The second kappa shape index (κ2) is 11.3. The third-order valence-electron chi connectivity index (χ3n) is 4.17. The van der Waals surface area contributed by atoms with Gasteiger partial charge in [-0.25, -0.2) is 0 Å². The van der Waals surface area contributed by atoms with Crippen molar-refractivity contribution in [3.05, 3.63) is 65.2 Å². The summed E-state index contributed by atoms with van der Waals surface area (Å²) in [6, 6.07) is 15.5. The smallest absolute Gasteiger partial charge is 0.261 e. The predicted molar refractivity (Wildman–Crippen MR) is 108 cm³/mol. The Morgan fingerprint density at radius 3 is 2.46 bits per heavy atom. The highest BCUT2D eigenvalue weighted by atomic mass is 35.5. The fourth-order valence-corrected chi connectivity index (χ4v) is 2.68. The van der Waals surface area contributed by atoms with Crippen molar-refractivity contribution in [1.82, 2.24) is 10.2 Å². The molecule has 2 aromatic carbocycles. The van der Waals surface area contributed by atoms with Crippen LogP contribution in [0.15, 0.2) is 54.6 Å². The molecule has 0 radical (unpaired) electrons. The summed E-state index contributed by atoms with van der Waals surface area (Å²) in [6.45, 7) is 2.09. The summed E-state index contributed by atoms with van der Waals surface area (Å²) < 4.78 is 5.56. The number of benzene rings is 2. The number of hydrogen-bond donors (Lipinski definition) is 2. The van der Waals surface area contributed by atoms with Crippen molar-refractivity contribution in [2.24, 2.45) is 0 Å². The second-order valence-electron chi connectivity index (χ2n) is 6.29. The fourth-order valence-electron chi connectivity index (χ4n) is 2.55. The van der Waals surface area contributed by atoms with Crippen LogP contribution < -0.4 is 10.1 Å². The number of para-hydroxylation sites is 1. The molecule has 28 heavy (non-hydrogen) atoms. The van der Waals surface area contributed by atoms with Crippen LogP contribution in [0, 0.1) is 0 Å². The molecule has 0 aliphatic rings. The molecule has 0 spiro atoms. The minimum Gasteiger partial charge on any atom is -0.484 e. The zero-order valence-corrected chi connectivity index (χ0v) is 16.6. The van der Waals surface area contributed by atoms with Crippen molar-refractivity contribution in [3.63, 3.8) is 0 Å². The Bertz CT molecular complexity index is 753. The number of carbonyl (C=O) groups excluding carboxylic acids is 2. The van der Waals surface area contributed by atoms with E-state index in [0.717, 1.165) is 5.56 Å². The average Bonchev–Trinajstić information content (AvgIpc) is 2.72. The summed E-state index contributed by atoms with van der Waals surface area (Å²) in [5.74, 6) is 0.00132. The molecule has 0 aromatic heterocycles. The monoisotopic (exact) mass is 404 g/mol. The lowest BCUT2D eigenvalue weighted by Crippen LogP contribution is -2.49. The fraction of sp³-hybridized carbons (Fsp3) is 0.333. The minimum atomic E-state index is -0.693. The van der Waals surface area contributed by atoms with Gasteiger partial charge in [0.05, 0.1) is 0 Å². The first-order valence-corrected chi connectivity index (χ1v) is 9.49. The van der Waals surface area contributed by atoms with Crippen LogP contribution in [0.25, 0.3) is 0 Å². The van der Waals surface area contributed by atoms with Crippen molar-refractivity contribution in [2.45, 2.75) is 25.9 Å². The summed E-state index contributed by atoms with van der Waals surface area (Å²) in [4.78, 5) is 26.7. The van der Waals surface area contributed by atoms with Crippen LogP contribution in [0.3, 0.4) is 0 Å². The standard InChI is InChI=1S/C21H25ClN2O4/c1-16(21(27)23-12-5-13-25)24(14-17-8-10-18(22)11-9-17)20(26)15-28-19-6-3-2-4-7-19/h2-4,6-11,16,25H,5,12-15H2,1H3,(H,23,27)/t16-/m1/s1. The van der Waals surface area contributed by atoms with Crippen LogP contribution in [0.4, 0.5) is 0 Å². The number of aliphatic hydroxyl groups is 1. The molecule has 2 rings (SSSR count). The van der Waals surface area contributed by atoms with Crippen molar-refractivity contribution in [2.75, 3.05) is 19.8 Å². The van der Waals surface area contributed by atoms with Gasteiger partial charge in [-0.1, -0.05) is 41.9 Å². The van der Waals surface area contributed by atoms with E-state index in [2.05, 4.69) is 5.32 Å². The molecule has 0 saturated heterocycles. The van der Waals surface area contributed by atoms with E-state index >= 15 is 0 Å². The highest BCUT2D eigenvalue weighted by Crippen LogP contribution is 2.15. The number of hydrogen-bond acceptors (Lipinski definition) is 4. The number of halogens is 1. The molecule has 2 N–H and O–H groups in total. The van der Waals surface area contributed by atoms with Gasteiger partial charge in [0, 0.05) is 24.7 Å². The number of carbonyl (C=O) groups is 2. The number of amides is 2. The van der Waals surface area contributed by atoms with E-state index in [1.54, 1.807) is 31.2 Å². The Hall–Kier alpha value is -2.57. The van der Waals surface area contributed by atoms with Crippen LogP contribution in [0.2, 0.25) is 5.02 Å². The van der Waals surface area contributed by atoms with Gasteiger partial charge in [-0.15, -0.1) is 0 Å². The molecule has 0 heterocycles. The zero-order valence-electron chi connectivity index (χ0n) is 15.8. The van der Waals surface area contributed by atoms with Gasteiger partial charge in [0.2, 0.25) is 5.91 Å². The number of nitrogens with one attached hydrogen (secondary N) is 1. The van der Waals surface area contributed by atoms with Crippen LogP contribution in [-0.2, 0) is 16.1 Å². The lowest BCUT2D eigenvalue weighted by Gasteiger charge is -2.28. The molecule has 0 aliphatic carbocycles. The molecule has 0 bridgehead atoms. The van der Waals surface area contributed by atoms with Gasteiger partial charge < -0.3 is 20.1 Å². The minimum absolute atomic E-state index is 0.00695. The van der Waals surface area contributed by atoms with E-state index in [-0.39, 0.29) is 31.6 Å². The van der Waals surface area contributed by atoms with Gasteiger partial charge in [-0.05, 0) is 43.2 Å². The quantitative estimate of drug-likeness (QED) is 0.597. The van der Waals surface area contributed by atoms with Gasteiger partial charge >= 0.3 is 0 Å². The Balaban J connectivity index is 2.08. The van der Waals surface area contributed by atoms with E-state index in [4.69, 9.17) is 21.4 Å². The Labute approximate surface area is 170 Å². The van der Waals surface area contributed by atoms with E-state index in [9.17, 15) is 9.59 Å². The van der Waals surface area contributed by atoms with Gasteiger partial charge in [-0.3, -0.25) is 9.59 Å². The number of nitrogens with zero attached hydrogens (tertiary/aromatic N) is 1. The van der Waals surface area contributed by atoms with Crippen LogP contribution in [0.1, 0.15) is 18.9 Å². The van der Waals surface area contributed by atoms with Crippen molar-refractivity contribution < 1.29 is 19.4 Å². The number of ether oxygens (including phenoxy) is 1. The lowest BCUT2D eigenvalue weighted by molar-refractivity contribution is -0.142. The lowest BCUT2D eigenvalue weighted by atomic mass is 10.1. The summed E-state index contributed by atoms with van der Waals surface area (Å²) in [5, 5.41) is 12.2. The van der Waals surface area contributed by atoms with Crippen LogP contribution >= 0.6 is 11.6 Å². The highest BCUT2D eigenvalue weighted by molar-refractivity contribution is 6.30. The van der Waals surface area contributed by atoms with Crippen molar-refractivity contribution >= 4 is 23.4 Å². The molecule has 0 aliphatic heterocycles. The number of rotatable bonds is 10. The van der Waals surface area contributed by atoms with Crippen LogP contribution in [-0.4, -0.2) is 47.6 Å². The topological polar surface area (TPSA) is 78.9 Å². The molecule has 0 saturated carbocycles. The molecule has 1 atom stereocenters. The molecule has 6 nitrogen and oxygen atoms in total. The third kappa shape index (κ3) is 6.87. The van der Waals surface area contributed by atoms with E-state index in [0.29, 0.717) is 23.7 Å². The van der Waals surface area contributed by atoms with Crippen molar-refractivity contribution in [3.8, 4) is 5.75 Å². The van der Waals surface area contributed by atoms with Gasteiger partial charge in [0.15, 0.2) is 6.61 Å². The normalized spacial score (nSPS) is 11.5. The van der Waals surface area contributed by atoms with Gasteiger partial charge in [0.1, 0.15) is 11.8 Å². The molecule has 0 fully saturated rings. The van der Waals surface area contributed by atoms with Crippen molar-refractivity contribution in [1.29, 1.82) is 0 Å². The summed E-state index contributed by atoms with van der Waals surface area (Å²) in [7, 11) is 0. The van der Waals surface area contributed by atoms with E-state index in [1.807, 2.05) is 30.3 Å². The largest absolute Gasteiger partial charge is 0.484 e. The summed E-state index contributed by atoms with van der Waals surface area (Å²) in [5.41, 5.74) is 0.854. The summed E-state index contributed by atoms with van der Waals surface area (Å²) >= 11 is 5.93. The zero-order chi connectivity index (χ0) is 20.4. The average molecular weight is 405 g/mol. The SMILES string of the molecule is C[C@H](C(=O)NCCCO)N(Cc1ccc(Cl)cc1)C(=O)COc1ccccc1. The number of aliphatic hydroxyl groups excluding tert-OH is 1. The Kier molecular flexibility index (Phi) is 8.78. The molecular weight excluding hydrogens is 380 g/mol. The third-order valence-corrected chi connectivity index (χ3v) is 4.43. The second-order valence-corrected chi connectivity index (χ2v) is 6.73. The van der Waals surface area contributed by atoms with Crippen LogP contribution in [0.5, 0.6) is 5.75 Å². The molecule has 2 aromatic rings. The molecule has 0 unspecified atom stereocenters. The van der Waals surface area contributed by atoms with Gasteiger partial charge in [-0.2, -0.15) is 0 Å². The highest BCUT2D eigenvalue weighted by Gasteiger charge is 2.26. The first kappa shape index (κ1) is 21.7. The molecule has 2 amide bonds. The molecular formula is C21H25ClN2O4.